The van der Waals surface area contributed by atoms with Crippen molar-refractivity contribution in [1.29, 1.82) is 0 Å². The highest BCUT2D eigenvalue weighted by Crippen LogP contribution is 2.37. The van der Waals surface area contributed by atoms with Crippen LogP contribution >= 0.6 is 11.6 Å². The molecule has 0 unspecified atom stereocenters. The van der Waals surface area contributed by atoms with Crippen LogP contribution in [0.15, 0.2) is 60.9 Å². The van der Waals surface area contributed by atoms with E-state index in [4.69, 9.17) is 11.6 Å². The number of halogens is 1. The Morgan fingerprint density at radius 1 is 0.909 bits per heavy atom. The molecule has 0 N–H and O–H groups in total. The summed E-state index contributed by atoms with van der Waals surface area (Å²) in [5.41, 5.74) is 1.05. The third kappa shape index (κ3) is 4.25. The molecule has 1 aliphatic carbocycles. The monoisotopic (exact) mass is 463 g/mol. The molecule has 0 radical (unpaired) electrons. The van der Waals surface area contributed by atoms with Gasteiger partial charge in [0.15, 0.2) is 0 Å². The quantitative estimate of drug-likeness (QED) is 0.583. The molecule has 1 saturated heterocycles. The summed E-state index contributed by atoms with van der Waals surface area (Å²) >= 11 is 6.11. The topological polar surface area (TPSA) is 71.3 Å². The molecule has 0 atom stereocenters. The Kier molecular flexibility index (Phi) is 5.89. The van der Waals surface area contributed by atoms with Crippen LogP contribution in [0.2, 0.25) is 5.02 Å². The first kappa shape index (κ1) is 21.6. The number of hydrogen-bond donors (Lipinski definition) is 0. The Labute approximate surface area is 198 Å². The molecule has 1 aromatic heterocycles. The van der Waals surface area contributed by atoms with Gasteiger partial charge in [-0.25, -0.2) is 9.67 Å². The van der Waals surface area contributed by atoms with Crippen molar-refractivity contribution in [1.82, 2.24) is 24.6 Å². The van der Waals surface area contributed by atoms with E-state index >= 15 is 0 Å². The third-order valence-electron chi connectivity index (χ3n) is 6.74. The molecule has 8 heteroatoms. The second-order valence-corrected chi connectivity index (χ2v) is 9.26. The fourth-order valence-corrected chi connectivity index (χ4v) is 5.29. The van der Waals surface area contributed by atoms with Crippen LogP contribution in [0.1, 0.15) is 53.1 Å². The Hall–Kier alpha value is -3.19. The van der Waals surface area contributed by atoms with E-state index in [-0.39, 0.29) is 23.2 Å². The molecule has 5 rings (SSSR count). The maximum atomic E-state index is 13.6. The molecule has 1 saturated carbocycles. The van der Waals surface area contributed by atoms with Crippen LogP contribution in [0.25, 0.3) is 5.69 Å². The molecule has 2 aromatic carbocycles. The molecule has 3 aromatic rings. The number of piperazine rings is 1. The lowest BCUT2D eigenvalue weighted by Crippen LogP contribution is -2.65. The SMILES string of the molecule is O=C(c1cccc(Cl)c1)N1CCN(C(=O)c2ncn(-c3ccccc3)n2)C2(CCCCC2)C1. The normalized spacial score (nSPS) is 17.8. The van der Waals surface area contributed by atoms with Crippen molar-refractivity contribution in [3.8, 4) is 5.69 Å². The van der Waals surface area contributed by atoms with E-state index in [2.05, 4.69) is 10.1 Å². The number of amides is 2. The summed E-state index contributed by atoms with van der Waals surface area (Å²) in [7, 11) is 0. The zero-order valence-electron chi connectivity index (χ0n) is 18.4. The zero-order valence-corrected chi connectivity index (χ0v) is 19.1. The van der Waals surface area contributed by atoms with Crippen LogP contribution in [0, 0.1) is 0 Å². The first-order valence-electron chi connectivity index (χ1n) is 11.4. The molecule has 170 valence electrons. The summed E-state index contributed by atoms with van der Waals surface area (Å²) in [5, 5.41) is 5.01. The lowest BCUT2D eigenvalue weighted by Gasteiger charge is -2.52. The van der Waals surface area contributed by atoms with Crippen molar-refractivity contribution in [2.75, 3.05) is 19.6 Å². The van der Waals surface area contributed by atoms with Gasteiger partial charge in [-0.3, -0.25) is 9.59 Å². The van der Waals surface area contributed by atoms with Crippen molar-refractivity contribution in [2.24, 2.45) is 0 Å². The Morgan fingerprint density at radius 2 is 1.70 bits per heavy atom. The molecule has 2 amide bonds. The summed E-state index contributed by atoms with van der Waals surface area (Å²) in [6.45, 7) is 1.45. The maximum Gasteiger partial charge on any atom is 0.294 e. The van der Waals surface area contributed by atoms with Crippen molar-refractivity contribution in [3.05, 3.63) is 77.3 Å². The number of carbonyl (C=O) groups excluding carboxylic acids is 2. The lowest BCUT2D eigenvalue weighted by molar-refractivity contribution is -0.0117. The molecule has 2 aliphatic rings. The Morgan fingerprint density at radius 3 is 2.45 bits per heavy atom. The van der Waals surface area contributed by atoms with Crippen molar-refractivity contribution < 1.29 is 9.59 Å². The van der Waals surface area contributed by atoms with Crippen LogP contribution in [0.3, 0.4) is 0 Å². The first-order valence-corrected chi connectivity index (χ1v) is 11.8. The highest BCUT2D eigenvalue weighted by molar-refractivity contribution is 6.30. The number of benzene rings is 2. The minimum absolute atomic E-state index is 0.0407. The van der Waals surface area contributed by atoms with E-state index in [1.54, 1.807) is 35.3 Å². The predicted octanol–water partition coefficient (Wildman–Crippen LogP) is 4.22. The van der Waals surface area contributed by atoms with Gasteiger partial charge in [-0.2, -0.15) is 0 Å². The van der Waals surface area contributed by atoms with Crippen molar-refractivity contribution in [2.45, 2.75) is 37.6 Å². The average Bonchev–Trinajstić information content (AvgIpc) is 3.35. The van der Waals surface area contributed by atoms with Gasteiger partial charge in [0.05, 0.1) is 11.2 Å². The lowest BCUT2D eigenvalue weighted by atomic mass is 9.78. The highest BCUT2D eigenvalue weighted by atomic mass is 35.5. The van der Waals surface area contributed by atoms with E-state index in [1.165, 1.54) is 0 Å². The van der Waals surface area contributed by atoms with Crippen LogP contribution in [0.4, 0.5) is 0 Å². The maximum absolute atomic E-state index is 13.6. The molecule has 0 bridgehead atoms. The number of aromatic nitrogens is 3. The fraction of sp³-hybridized carbons (Fsp3) is 0.360. The summed E-state index contributed by atoms with van der Waals surface area (Å²) in [4.78, 5) is 34.9. The summed E-state index contributed by atoms with van der Waals surface area (Å²) in [6.07, 6.45) is 6.54. The number of nitrogens with zero attached hydrogens (tertiary/aromatic N) is 5. The fourth-order valence-electron chi connectivity index (χ4n) is 5.10. The minimum Gasteiger partial charge on any atom is -0.335 e. The van der Waals surface area contributed by atoms with Gasteiger partial charge >= 0.3 is 0 Å². The number of carbonyl (C=O) groups is 2. The van der Waals surface area contributed by atoms with Gasteiger partial charge in [-0.1, -0.05) is 55.1 Å². The van der Waals surface area contributed by atoms with Crippen LogP contribution in [-0.2, 0) is 0 Å². The van der Waals surface area contributed by atoms with E-state index in [0.717, 1.165) is 37.8 Å². The molecule has 2 heterocycles. The molecule has 2 fully saturated rings. The zero-order chi connectivity index (χ0) is 22.8. The molecule has 7 nitrogen and oxygen atoms in total. The van der Waals surface area contributed by atoms with Gasteiger partial charge in [-0.15, -0.1) is 5.10 Å². The molecule has 1 aliphatic heterocycles. The van der Waals surface area contributed by atoms with Crippen LogP contribution < -0.4 is 0 Å². The van der Waals surface area contributed by atoms with E-state index < -0.39 is 0 Å². The first-order chi connectivity index (χ1) is 16.1. The van der Waals surface area contributed by atoms with Gasteiger partial charge < -0.3 is 9.80 Å². The van der Waals surface area contributed by atoms with Gasteiger partial charge in [0.25, 0.3) is 11.8 Å². The summed E-state index contributed by atoms with van der Waals surface area (Å²) in [5.74, 6) is -0.0131. The highest BCUT2D eigenvalue weighted by Gasteiger charge is 2.46. The number of rotatable bonds is 3. The number of hydrogen-bond acceptors (Lipinski definition) is 4. The molecular formula is C25H26ClN5O2. The minimum atomic E-state index is -0.389. The second kappa shape index (κ2) is 8.98. The van der Waals surface area contributed by atoms with Gasteiger partial charge in [0, 0.05) is 30.2 Å². The third-order valence-corrected chi connectivity index (χ3v) is 6.98. The van der Waals surface area contributed by atoms with Gasteiger partial charge in [0.1, 0.15) is 6.33 Å². The van der Waals surface area contributed by atoms with Gasteiger partial charge in [0.2, 0.25) is 5.82 Å². The van der Waals surface area contributed by atoms with Gasteiger partial charge in [-0.05, 0) is 43.2 Å². The largest absolute Gasteiger partial charge is 0.335 e. The number of para-hydroxylation sites is 1. The van der Waals surface area contributed by atoms with Crippen LogP contribution in [0.5, 0.6) is 0 Å². The van der Waals surface area contributed by atoms with E-state index in [1.807, 2.05) is 40.1 Å². The smallest absolute Gasteiger partial charge is 0.294 e. The van der Waals surface area contributed by atoms with Crippen LogP contribution in [-0.4, -0.2) is 61.6 Å². The molecule has 1 spiro atoms. The molecule has 33 heavy (non-hydrogen) atoms. The average molecular weight is 464 g/mol. The van der Waals surface area contributed by atoms with Crippen molar-refractivity contribution >= 4 is 23.4 Å². The Bertz CT molecular complexity index is 1160. The summed E-state index contributed by atoms with van der Waals surface area (Å²) in [6, 6.07) is 16.7. The van der Waals surface area contributed by atoms with E-state index in [0.29, 0.717) is 30.2 Å². The Balaban J connectivity index is 1.39. The summed E-state index contributed by atoms with van der Waals surface area (Å²) < 4.78 is 1.62. The second-order valence-electron chi connectivity index (χ2n) is 8.83. The predicted molar refractivity (Wildman–Crippen MR) is 126 cm³/mol. The van der Waals surface area contributed by atoms with E-state index in [9.17, 15) is 9.59 Å². The van der Waals surface area contributed by atoms with Crippen molar-refractivity contribution in [3.63, 3.8) is 0 Å². The molecular weight excluding hydrogens is 438 g/mol. The standard InChI is InChI=1S/C25H26ClN5O2/c26-20-9-7-8-19(16-20)23(32)29-14-15-30(25(17-29)12-5-2-6-13-25)24(33)22-27-18-31(28-22)21-10-3-1-4-11-21/h1,3-4,7-11,16,18H,2,5-6,12-15,17H2.